The Bertz CT molecular complexity index is 1530. The Kier molecular flexibility index (Phi) is 9.07. The van der Waals surface area contributed by atoms with Crippen molar-refractivity contribution in [2.75, 3.05) is 27.2 Å². The number of likely N-dealkylation sites (N-methyl/N-ethyl adjacent to an activating group) is 1. The van der Waals surface area contributed by atoms with Crippen LogP contribution in [0.5, 0.6) is 0 Å². The summed E-state index contributed by atoms with van der Waals surface area (Å²) in [5.41, 5.74) is 2.44. The molecule has 2 saturated heterocycles. The first-order chi connectivity index (χ1) is 21.4. The zero-order chi connectivity index (χ0) is 32.2. The van der Waals surface area contributed by atoms with Gasteiger partial charge in [0, 0.05) is 40.9 Å². The van der Waals surface area contributed by atoms with Gasteiger partial charge in [0.15, 0.2) is 5.17 Å². The maximum atomic E-state index is 14.8. The zero-order valence-electron chi connectivity index (χ0n) is 27.0. The molecule has 0 spiro atoms. The predicted molar refractivity (Wildman–Crippen MR) is 184 cm³/mol. The Morgan fingerprint density at radius 2 is 1.67 bits per heavy atom. The second kappa shape index (κ2) is 12.6. The lowest BCUT2D eigenvalue weighted by molar-refractivity contribution is -0.142. The van der Waals surface area contributed by atoms with Crippen molar-refractivity contribution in [3.8, 4) is 0 Å². The Morgan fingerprint density at radius 3 is 2.24 bits per heavy atom. The van der Waals surface area contributed by atoms with Gasteiger partial charge in [-0.25, -0.2) is 4.99 Å². The summed E-state index contributed by atoms with van der Waals surface area (Å²) in [6.07, 6.45) is 3.32. The minimum absolute atomic E-state index is 0.0315. The number of rotatable bonds is 7. The lowest BCUT2D eigenvalue weighted by Gasteiger charge is -2.37. The number of nitrogens with zero attached hydrogens (tertiary/aromatic N) is 5. The van der Waals surface area contributed by atoms with Crippen LogP contribution in [0.1, 0.15) is 70.5 Å². The molecule has 10 heteroatoms. The molecule has 45 heavy (non-hydrogen) atoms. The highest BCUT2D eigenvalue weighted by Gasteiger charge is 2.54. The van der Waals surface area contributed by atoms with E-state index < -0.39 is 11.6 Å². The van der Waals surface area contributed by atoms with Crippen LogP contribution in [0.15, 0.2) is 64.1 Å². The minimum atomic E-state index is -0.633. The molecule has 2 unspecified atom stereocenters. The highest BCUT2D eigenvalue weighted by molar-refractivity contribution is 8.18. The van der Waals surface area contributed by atoms with Gasteiger partial charge in [-0.1, -0.05) is 68.2 Å². The van der Waals surface area contributed by atoms with Gasteiger partial charge in [0.1, 0.15) is 16.5 Å². The van der Waals surface area contributed by atoms with E-state index in [1.807, 2.05) is 46.2 Å². The number of amidine groups is 1. The van der Waals surface area contributed by atoms with Crippen LogP contribution in [-0.2, 0) is 15.1 Å². The fourth-order valence-corrected chi connectivity index (χ4v) is 9.19. The van der Waals surface area contributed by atoms with E-state index in [1.165, 1.54) is 11.8 Å². The van der Waals surface area contributed by atoms with E-state index >= 15 is 0 Å². The fourth-order valence-electron chi connectivity index (χ4n) is 7.59. The summed E-state index contributed by atoms with van der Waals surface area (Å²) in [6.45, 7) is 10.00. The highest BCUT2D eigenvalue weighted by Crippen LogP contribution is 2.56. The molecule has 2 aromatic carbocycles. The quantitative estimate of drug-likeness (QED) is 0.313. The van der Waals surface area contributed by atoms with Crippen molar-refractivity contribution in [1.82, 2.24) is 19.6 Å². The van der Waals surface area contributed by atoms with E-state index in [0.717, 1.165) is 47.8 Å². The second-order valence-corrected chi connectivity index (χ2v) is 15.3. The van der Waals surface area contributed by atoms with Crippen LogP contribution in [0.4, 0.5) is 0 Å². The van der Waals surface area contributed by atoms with Gasteiger partial charge in [0.2, 0.25) is 5.91 Å². The third kappa shape index (κ3) is 5.70. The SMILES string of the molecule is CCC1CCC(C(=O)N2CC[C@H](N(C)C)C2)N1C(=O)C1=C(C(C)C)N2C(=N[C@@](C)(c3ccc(Cl)cc3)[C@H]2c2ccc(Cl)cc2)S1. The number of amides is 2. The van der Waals surface area contributed by atoms with Crippen LogP contribution in [0, 0.1) is 5.92 Å². The third-order valence-electron chi connectivity index (χ3n) is 10.1. The van der Waals surface area contributed by atoms with Crippen molar-refractivity contribution in [2.24, 2.45) is 10.9 Å². The number of carbonyl (C=O) groups is 2. The van der Waals surface area contributed by atoms with Crippen molar-refractivity contribution in [1.29, 1.82) is 0 Å². The molecule has 0 saturated carbocycles. The zero-order valence-corrected chi connectivity index (χ0v) is 29.3. The molecule has 5 atom stereocenters. The topological polar surface area (TPSA) is 59.5 Å². The Labute approximate surface area is 281 Å². The van der Waals surface area contributed by atoms with Crippen molar-refractivity contribution in [2.45, 2.75) is 83.1 Å². The number of thioether (sulfide) groups is 1. The Morgan fingerprint density at radius 1 is 1.02 bits per heavy atom. The number of hydrogen-bond acceptors (Lipinski definition) is 6. The number of benzene rings is 2. The van der Waals surface area contributed by atoms with Crippen molar-refractivity contribution in [3.05, 3.63) is 80.3 Å². The van der Waals surface area contributed by atoms with Gasteiger partial charge in [-0.15, -0.1) is 0 Å². The second-order valence-electron chi connectivity index (χ2n) is 13.4. The number of fused-ring (bicyclic) bond motifs is 1. The molecule has 4 aliphatic heterocycles. The highest BCUT2D eigenvalue weighted by atomic mass is 35.5. The van der Waals surface area contributed by atoms with Gasteiger partial charge in [-0.3, -0.25) is 9.59 Å². The lowest BCUT2D eigenvalue weighted by Crippen LogP contribution is -2.50. The van der Waals surface area contributed by atoms with Crippen LogP contribution >= 0.6 is 35.0 Å². The fraction of sp³-hybridized carbons (Fsp3) is 0.514. The molecular weight excluding hydrogens is 625 g/mol. The predicted octanol–water partition coefficient (Wildman–Crippen LogP) is 7.17. The molecule has 0 aromatic heterocycles. The smallest absolute Gasteiger partial charge is 0.263 e. The van der Waals surface area contributed by atoms with Crippen molar-refractivity contribution in [3.63, 3.8) is 0 Å². The van der Waals surface area contributed by atoms with Crippen LogP contribution in [-0.4, -0.2) is 81.9 Å². The number of halogens is 2. The molecule has 4 heterocycles. The number of aliphatic imine (C=N–C) groups is 1. The molecule has 0 aliphatic carbocycles. The molecule has 240 valence electrons. The molecule has 2 fully saturated rings. The van der Waals surface area contributed by atoms with E-state index in [0.29, 0.717) is 34.0 Å². The van der Waals surface area contributed by atoms with Gasteiger partial charge in [0.05, 0.1) is 6.04 Å². The summed E-state index contributed by atoms with van der Waals surface area (Å²) < 4.78 is 0. The average Bonchev–Trinajstić information content (AvgIpc) is 3.79. The Hall–Kier alpha value is -2.52. The minimum Gasteiger partial charge on any atom is -0.339 e. The van der Waals surface area contributed by atoms with E-state index in [4.69, 9.17) is 28.2 Å². The summed E-state index contributed by atoms with van der Waals surface area (Å²) in [5, 5.41) is 2.15. The monoisotopic (exact) mass is 667 g/mol. The molecule has 0 radical (unpaired) electrons. The number of carbonyl (C=O) groups excluding carboxylic acids is 2. The molecule has 2 amide bonds. The first kappa shape index (κ1) is 32.4. The molecule has 0 bridgehead atoms. The number of hydrogen-bond donors (Lipinski definition) is 0. The van der Waals surface area contributed by atoms with Crippen LogP contribution in [0.3, 0.4) is 0 Å². The molecule has 0 N–H and O–H groups in total. The maximum Gasteiger partial charge on any atom is 0.263 e. The van der Waals surface area contributed by atoms with E-state index in [1.54, 1.807) is 0 Å². The van der Waals surface area contributed by atoms with Crippen LogP contribution in [0.2, 0.25) is 10.0 Å². The molecule has 4 aliphatic rings. The van der Waals surface area contributed by atoms with E-state index in [-0.39, 0.29) is 29.8 Å². The first-order valence-corrected chi connectivity index (χ1v) is 17.6. The molecule has 7 nitrogen and oxygen atoms in total. The van der Waals surface area contributed by atoms with Gasteiger partial charge in [-0.05, 0) is 99.8 Å². The lowest BCUT2D eigenvalue weighted by atomic mass is 9.81. The average molecular weight is 669 g/mol. The molecule has 2 aromatic rings. The summed E-state index contributed by atoms with van der Waals surface area (Å²) in [5.74, 6) is 0.0863. The van der Waals surface area contributed by atoms with Crippen LogP contribution < -0.4 is 0 Å². The van der Waals surface area contributed by atoms with Gasteiger partial charge < -0.3 is 19.6 Å². The Balaban J connectivity index is 1.39. The van der Waals surface area contributed by atoms with Crippen LogP contribution in [0.25, 0.3) is 0 Å². The number of allylic oxidation sites excluding steroid dienone is 1. The van der Waals surface area contributed by atoms with Crippen molar-refractivity contribution >= 4 is 51.9 Å². The van der Waals surface area contributed by atoms with Gasteiger partial charge >= 0.3 is 0 Å². The maximum absolute atomic E-state index is 14.8. The molecular formula is C35H43Cl2N5O2S. The summed E-state index contributed by atoms with van der Waals surface area (Å²) in [7, 11) is 4.14. The standard InChI is InChI=1S/C35H43Cl2N5O2S/c1-7-26-16-17-28(32(43)40-19-18-27(20-40)39(5)6)41(26)33(44)30-29(21(2)3)42-31(22-8-12-24(36)13-9-22)35(4,38-34(42)45-30)23-10-14-25(37)15-11-23/h8-15,21,26-28,31H,7,16-20H2,1-6H3/t26?,27-,28?,31+,35-/m0/s1. The summed E-state index contributed by atoms with van der Waals surface area (Å²) in [4.78, 5) is 43.2. The summed E-state index contributed by atoms with van der Waals surface area (Å²) >= 11 is 14.1. The first-order valence-electron chi connectivity index (χ1n) is 16.0. The van der Waals surface area contributed by atoms with Crippen molar-refractivity contribution < 1.29 is 9.59 Å². The summed E-state index contributed by atoms with van der Waals surface area (Å²) in [6, 6.07) is 15.6. The van der Waals surface area contributed by atoms with Gasteiger partial charge in [0.25, 0.3) is 5.91 Å². The normalized spacial score (nSPS) is 28.1. The molecule has 6 rings (SSSR count). The third-order valence-corrected chi connectivity index (χ3v) is 11.6. The largest absolute Gasteiger partial charge is 0.339 e. The van der Waals surface area contributed by atoms with E-state index in [9.17, 15) is 9.59 Å². The van der Waals surface area contributed by atoms with Gasteiger partial charge in [-0.2, -0.15) is 0 Å². The number of likely N-dealkylation sites (tertiary alicyclic amines) is 2. The van der Waals surface area contributed by atoms with E-state index in [2.05, 4.69) is 63.7 Å².